The second-order valence-electron chi connectivity index (χ2n) is 5.82. The van der Waals surface area contributed by atoms with Crippen molar-refractivity contribution in [3.8, 4) is 5.75 Å². The van der Waals surface area contributed by atoms with Crippen molar-refractivity contribution in [2.45, 2.75) is 45.3 Å². The molecule has 110 valence electrons. The molecule has 1 fully saturated rings. The normalized spacial score (nSPS) is 16.1. The van der Waals surface area contributed by atoms with Gasteiger partial charge in [0.05, 0.1) is 13.2 Å². The van der Waals surface area contributed by atoms with Crippen LogP contribution >= 0.6 is 0 Å². The topological polar surface area (TPSA) is 55.6 Å². The van der Waals surface area contributed by atoms with Crippen LogP contribution in [0.5, 0.6) is 5.75 Å². The van der Waals surface area contributed by atoms with Crippen molar-refractivity contribution in [1.29, 1.82) is 0 Å². The van der Waals surface area contributed by atoms with Crippen LogP contribution in [0.25, 0.3) is 0 Å². The van der Waals surface area contributed by atoms with Gasteiger partial charge in [0.25, 0.3) is 0 Å². The van der Waals surface area contributed by atoms with Crippen LogP contribution in [0.1, 0.15) is 32.3 Å². The van der Waals surface area contributed by atoms with Crippen molar-refractivity contribution in [2.24, 2.45) is 11.7 Å². The smallest absolute Gasteiger partial charge is 0.240 e. The molecule has 0 spiro atoms. The van der Waals surface area contributed by atoms with Crippen molar-refractivity contribution < 1.29 is 9.53 Å². The number of hydrogen-bond acceptors (Lipinski definition) is 3. The zero-order valence-corrected chi connectivity index (χ0v) is 12.5. The van der Waals surface area contributed by atoms with Gasteiger partial charge in [-0.3, -0.25) is 4.79 Å². The molecule has 0 bridgehead atoms. The fraction of sp³-hybridized carbons (Fsp3) is 0.562. The first-order chi connectivity index (χ1) is 9.52. The predicted octanol–water partition coefficient (Wildman–Crippen LogP) is 2.17. The van der Waals surface area contributed by atoms with Gasteiger partial charge in [-0.25, -0.2) is 0 Å². The van der Waals surface area contributed by atoms with E-state index >= 15 is 0 Å². The van der Waals surface area contributed by atoms with Gasteiger partial charge in [0, 0.05) is 12.6 Å². The van der Waals surface area contributed by atoms with Gasteiger partial charge in [0.15, 0.2) is 0 Å². The molecule has 0 aliphatic heterocycles. The zero-order valence-electron chi connectivity index (χ0n) is 12.5. The Morgan fingerprint density at radius 3 is 2.40 bits per heavy atom. The van der Waals surface area contributed by atoms with Gasteiger partial charge in [0.2, 0.25) is 5.91 Å². The van der Waals surface area contributed by atoms with Crippen LogP contribution in [-0.2, 0) is 11.3 Å². The Balaban J connectivity index is 2.07. The first-order valence-electron chi connectivity index (χ1n) is 7.22. The number of carbonyl (C=O) groups excluding carboxylic acids is 1. The second kappa shape index (κ2) is 6.27. The number of benzene rings is 1. The molecule has 0 saturated heterocycles. The molecule has 4 nitrogen and oxygen atoms in total. The van der Waals surface area contributed by atoms with E-state index in [-0.39, 0.29) is 11.8 Å². The van der Waals surface area contributed by atoms with Crippen molar-refractivity contribution in [3.63, 3.8) is 0 Å². The zero-order chi connectivity index (χ0) is 14.7. The molecule has 1 aromatic rings. The number of ether oxygens (including phenoxy) is 1. The number of nitrogens with zero attached hydrogens (tertiary/aromatic N) is 1. The first-order valence-corrected chi connectivity index (χ1v) is 7.22. The summed E-state index contributed by atoms with van der Waals surface area (Å²) in [6, 6.07) is 7.81. The lowest BCUT2D eigenvalue weighted by Crippen LogP contribution is -2.47. The minimum Gasteiger partial charge on any atom is -0.497 e. The molecule has 0 aromatic heterocycles. The standard InChI is InChI=1S/C16H24N2O2/c1-11(2)15(17)16(19)18(13-6-7-13)10-12-4-8-14(20-3)9-5-12/h4-5,8-9,11,13,15H,6-7,10,17H2,1-3H3/t15-/m1/s1. The Kier molecular flexibility index (Phi) is 4.65. The molecule has 1 aromatic carbocycles. The lowest BCUT2D eigenvalue weighted by Gasteiger charge is -2.27. The number of rotatable bonds is 6. The summed E-state index contributed by atoms with van der Waals surface area (Å²) in [7, 11) is 1.65. The minimum atomic E-state index is -0.408. The largest absolute Gasteiger partial charge is 0.497 e. The highest BCUT2D eigenvalue weighted by molar-refractivity contribution is 5.82. The maximum absolute atomic E-state index is 12.5. The van der Waals surface area contributed by atoms with Crippen LogP contribution in [0.3, 0.4) is 0 Å². The predicted molar refractivity (Wildman–Crippen MR) is 79.4 cm³/mol. The highest BCUT2D eigenvalue weighted by Gasteiger charge is 2.35. The molecular formula is C16H24N2O2. The van der Waals surface area contributed by atoms with Crippen LogP contribution in [0.4, 0.5) is 0 Å². The van der Waals surface area contributed by atoms with E-state index in [1.54, 1.807) is 7.11 Å². The fourth-order valence-corrected chi connectivity index (χ4v) is 2.18. The molecule has 0 radical (unpaired) electrons. The Morgan fingerprint density at radius 1 is 1.35 bits per heavy atom. The first kappa shape index (κ1) is 14.9. The average Bonchev–Trinajstić information content (AvgIpc) is 3.28. The van der Waals surface area contributed by atoms with E-state index in [1.165, 1.54) is 0 Å². The van der Waals surface area contributed by atoms with Gasteiger partial charge < -0.3 is 15.4 Å². The average molecular weight is 276 g/mol. The highest BCUT2D eigenvalue weighted by Crippen LogP contribution is 2.29. The Labute approximate surface area is 120 Å². The molecule has 2 N–H and O–H groups in total. The molecule has 0 heterocycles. The van der Waals surface area contributed by atoms with Crippen molar-refractivity contribution in [2.75, 3.05) is 7.11 Å². The number of methoxy groups -OCH3 is 1. The van der Waals surface area contributed by atoms with Crippen LogP contribution in [0.15, 0.2) is 24.3 Å². The number of nitrogens with two attached hydrogens (primary N) is 1. The summed E-state index contributed by atoms with van der Waals surface area (Å²) in [6.45, 7) is 4.61. The van der Waals surface area contributed by atoms with Gasteiger partial charge in [0.1, 0.15) is 5.75 Å². The SMILES string of the molecule is COc1ccc(CN(C(=O)[C@H](N)C(C)C)C2CC2)cc1. The molecule has 2 rings (SSSR count). The molecule has 0 unspecified atom stereocenters. The molecule has 1 amide bonds. The lowest BCUT2D eigenvalue weighted by atomic mass is 10.0. The lowest BCUT2D eigenvalue weighted by molar-refractivity contribution is -0.134. The van der Waals surface area contributed by atoms with Crippen molar-refractivity contribution >= 4 is 5.91 Å². The van der Waals surface area contributed by atoms with Gasteiger partial charge in [-0.15, -0.1) is 0 Å². The van der Waals surface area contributed by atoms with E-state index < -0.39 is 6.04 Å². The summed E-state index contributed by atoms with van der Waals surface area (Å²) < 4.78 is 5.15. The number of hydrogen-bond donors (Lipinski definition) is 1. The maximum atomic E-state index is 12.5. The van der Waals surface area contributed by atoms with Gasteiger partial charge in [-0.1, -0.05) is 26.0 Å². The minimum absolute atomic E-state index is 0.0679. The quantitative estimate of drug-likeness (QED) is 0.866. The van der Waals surface area contributed by atoms with E-state index in [1.807, 2.05) is 43.0 Å². The molecule has 1 saturated carbocycles. The molecule has 1 aliphatic rings. The molecule has 1 atom stereocenters. The van der Waals surface area contributed by atoms with Crippen LogP contribution in [0, 0.1) is 5.92 Å². The summed E-state index contributed by atoms with van der Waals surface area (Å²) in [5.41, 5.74) is 7.13. The Morgan fingerprint density at radius 2 is 1.95 bits per heavy atom. The van der Waals surface area contributed by atoms with Gasteiger partial charge >= 0.3 is 0 Å². The monoisotopic (exact) mass is 276 g/mol. The summed E-state index contributed by atoms with van der Waals surface area (Å²) in [5, 5.41) is 0. The summed E-state index contributed by atoms with van der Waals surface area (Å²) >= 11 is 0. The summed E-state index contributed by atoms with van der Waals surface area (Å²) in [6.07, 6.45) is 2.18. The number of amides is 1. The third-order valence-electron chi connectivity index (χ3n) is 3.79. The highest BCUT2D eigenvalue weighted by atomic mass is 16.5. The Hall–Kier alpha value is -1.55. The molecular weight excluding hydrogens is 252 g/mol. The maximum Gasteiger partial charge on any atom is 0.240 e. The van der Waals surface area contributed by atoms with Gasteiger partial charge in [-0.2, -0.15) is 0 Å². The van der Waals surface area contributed by atoms with Crippen molar-refractivity contribution in [1.82, 2.24) is 4.90 Å². The molecule has 1 aliphatic carbocycles. The molecule has 20 heavy (non-hydrogen) atoms. The van der Waals surface area contributed by atoms with E-state index in [4.69, 9.17) is 10.5 Å². The van der Waals surface area contributed by atoms with Crippen LogP contribution in [0.2, 0.25) is 0 Å². The van der Waals surface area contributed by atoms with Crippen LogP contribution < -0.4 is 10.5 Å². The van der Waals surface area contributed by atoms with E-state index in [0.717, 1.165) is 24.2 Å². The summed E-state index contributed by atoms with van der Waals surface area (Å²) in [5.74, 6) is 1.06. The van der Waals surface area contributed by atoms with Crippen molar-refractivity contribution in [3.05, 3.63) is 29.8 Å². The van der Waals surface area contributed by atoms with E-state index in [0.29, 0.717) is 12.6 Å². The van der Waals surface area contributed by atoms with E-state index in [9.17, 15) is 4.79 Å². The molecule has 4 heteroatoms. The third-order valence-corrected chi connectivity index (χ3v) is 3.79. The van der Waals surface area contributed by atoms with Gasteiger partial charge in [-0.05, 0) is 36.5 Å². The summed E-state index contributed by atoms with van der Waals surface area (Å²) in [4.78, 5) is 14.4. The number of carbonyl (C=O) groups is 1. The van der Waals surface area contributed by atoms with Crippen LogP contribution in [-0.4, -0.2) is 30.0 Å². The van der Waals surface area contributed by atoms with E-state index in [2.05, 4.69) is 0 Å². The third kappa shape index (κ3) is 3.51. The Bertz CT molecular complexity index is 452. The fourth-order valence-electron chi connectivity index (χ4n) is 2.18. The second-order valence-corrected chi connectivity index (χ2v) is 5.82.